The molecule has 0 aliphatic carbocycles. The molecule has 3 heteroatoms. The van der Waals surface area contributed by atoms with Crippen LogP contribution in [0.25, 0.3) is 32.7 Å². The van der Waals surface area contributed by atoms with Gasteiger partial charge in [0.25, 0.3) is 0 Å². The van der Waals surface area contributed by atoms with Crippen molar-refractivity contribution in [2.24, 2.45) is 0 Å². The second-order valence-corrected chi connectivity index (χ2v) is 12.8. The first-order chi connectivity index (χ1) is 18.6. The summed E-state index contributed by atoms with van der Waals surface area (Å²) in [5, 5.41) is 7.19. The molecule has 2 nitrogen and oxygen atoms in total. The normalized spacial score (nSPS) is 11.9. The number of hydrogen-bond acceptors (Lipinski definition) is 2. The Kier molecular flexibility index (Phi) is 6.45. The van der Waals surface area contributed by atoms with Crippen molar-refractivity contribution < 1.29 is 4.57 Å². The summed E-state index contributed by atoms with van der Waals surface area (Å²) in [4.78, 5) is 2.20. The lowest BCUT2D eigenvalue weighted by molar-refractivity contribution is 0.403. The molecule has 6 aromatic carbocycles. The molecule has 0 fully saturated rings. The van der Waals surface area contributed by atoms with Crippen molar-refractivity contribution in [1.29, 1.82) is 0 Å². The Bertz CT molecular complexity index is 1750. The Balaban J connectivity index is 1.81. The average molecular weight is 512 g/mol. The zero-order chi connectivity index (χ0) is 26.1. The van der Waals surface area contributed by atoms with Gasteiger partial charge in [0.15, 0.2) is 7.14 Å². The van der Waals surface area contributed by atoms with E-state index in [0.29, 0.717) is 0 Å². The van der Waals surface area contributed by atoms with Crippen LogP contribution in [0.15, 0.2) is 133 Å². The molecule has 0 bridgehead atoms. The van der Waals surface area contributed by atoms with E-state index in [0.717, 1.165) is 44.4 Å². The Hall–Kier alpha value is -3.97. The van der Waals surface area contributed by atoms with Crippen molar-refractivity contribution in [3.05, 3.63) is 139 Å². The topological polar surface area (TPSA) is 20.3 Å². The number of benzene rings is 6. The first kappa shape index (κ1) is 24.4. The van der Waals surface area contributed by atoms with E-state index in [9.17, 15) is 0 Å². The molecule has 0 saturated carbocycles. The van der Waals surface area contributed by atoms with Crippen molar-refractivity contribution >= 4 is 44.6 Å². The smallest absolute Gasteiger partial charge is 0.171 e. The molecule has 0 heterocycles. The second-order valence-electron chi connectivity index (χ2n) is 10.0. The van der Waals surface area contributed by atoms with E-state index < -0.39 is 7.14 Å². The third-order valence-corrected chi connectivity index (χ3v) is 10.3. The van der Waals surface area contributed by atoms with Crippen LogP contribution in [-0.4, -0.2) is 19.0 Å². The van der Waals surface area contributed by atoms with E-state index in [1.165, 1.54) is 16.3 Å². The van der Waals surface area contributed by atoms with Gasteiger partial charge in [-0.2, -0.15) is 0 Å². The van der Waals surface area contributed by atoms with Crippen molar-refractivity contribution in [3.8, 4) is 11.1 Å². The van der Waals surface area contributed by atoms with Crippen molar-refractivity contribution in [2.45, 2.75) is 6.54 Å². The van der Waals surface area contributed by atoms with Crippen LogP contribution in [0.4, 0.5) is 0 Å². The molecule has 0 spiro atoms. The molecule has 6 rings (SSSR count). The molecule has 38 heavy (non-hydrogen) atoms. The summed E-state index contributed by atoms with van der Waals surface area (Å²) in [5.74, 6) is 0. The fourth-order valence-corrected chi connectivity index (χ4v) is 8.44. The lowest BCUT2D eigenvalue weighted by atomic mass is 9.90. The van der Waals surface area contributed by atoms with Crippen LogP contribution >= 0.6 is 7.14 Å². The highest BCUT2D eigenvalue weighted by atomic mass is 31.2. The quantitative estimate of drug-likeness (QED) is 0.218. The van der Waals surface area contributed by atoms with Crippen LogP contribution < -0.4 is 15.9 Å². The molecule has 0 radical (unpaired) electrons. The highest BCUT2D eigenvalue weighted by molar-refractivity contribution is 7.85. The second kappa shape index (κ2) is 10.1. The number of fused-ring (bicyclic) bond motifs is 2. The van der Waals surface area contributed by atoms with Gasteiger partial charge in [-0.25, -0.2) is 0 Å². The molecule has 0 amide bonds. The molecule has 0 N–H and O–H groups in total. The number of hydrogen-bond donors (Lipinski definition) is 0. The molecule has 0 atom stereocenters. The van der Waals surface area contributed by atoms with E-state index in [4.69, 9.17) is 0 Å². The van der Waals surface area contributed by atoms with Crippen LogP contribution in [0.5, 0.6) is 0 Å². The average Bonchev–Trinajstić information content (AvgIpc) is 2.97. The summed E-state index contributed by atoms with van der Waals surface area (Å²) in [6.07, 6.45) is 0. The maximum absolute atomic E-state index is 15.7. The summed E-state index contributed by atoms with van der Waals surface area (Å²) < 4.78 is 15.7. The van der Waals surface area contributed by atoms with E-state index in [2.05, 4.69) is 91.8 Å². The van der Waals surface area contributed by atoms with E-state index in [1.807, 2.05) is 60.7 Å². The minimum absolute atomic E-state index is 0.782. The van der Waals surface area contributed by atoms with Crippen LogP contribution in [0, 0.1) is 0 Å². The highest BCUT2D eigenvalue weighted by Crippen LogP contribution is 2.48. The lowest BCUT2D eigenvalue weighted by Gasteiger charge is -2.26. The van der Waals surface area contributed by atoms with Gasteiger partial charge < -0.3 is 9.46 Å². The molecule has 0 aromatic heterocycles. The van der Waals surface area contributed by atoms with E-state index >= 15 is 4.57 Å². The van der Waals surface area contributed by atoms with Gasteiger partial charge in [-0.1, -0.05) is 127 Å². The summed E-state index contributed by atoms with van der Waals surface area (Å²) in [6, 6.07) is 45.7. The fourth-order valence-electron chi connectivity index (χ4n) is 5.57. The molecule has 0 aliphatic rings. The Morgan fingerprint density at radius 3 is 1.55 bits per heavy atom. The lowest BCUT2D eigenvalue weighted by Crippen LogP contribution is -2.27. The van der Waals surface area contributed by atoms with Gasteiger partial charge in [0.2, 0.25) is 0 Å². The highest BCUT2D eigenvalue weighted by Gasteiger charge is 2.34. The van der Waals surface area contributed by atoms with Gasteiger partial charge in [0.05, 0.1) is 0 Å². The molecule has 6 aromatic rings. The fraction of sp³-hybridized carbons (Fsp3) is 0.0857. The summed E-state index contributed by atoms with van der Waals surface area (Å²) in [7, 11) is 0.969. The minimum Gasteiger partial charge on any atom is -0.309 e. The minimum atomic E-state index is -3.23. The van der Waals surface area contributed by atoms with Gasteiger partial charge in [-0.3, -0.25) is 0 Å². The van der Waals surface area contributed by atoms with Gasteiger partial charge in [-0.15, -0.1) is 0 Å². The summed E-state index contributed by atoms with van der Waals surface area (Å²) in [6.45, 7) is 0.782. The standard InChI is InChI=1S/C35H30NOP/c1-36(2)25-28-22-21-26-13-9-11-19-31(26)34(28)35-32-20-12-10-14-27(32)23-24-33(35)38(37,29-15-5-3-6-16-29)30-17-7-4-8-18-30/h3-24H,25H2,1-2H3. The number of rotatable bonds is 6. The van der Waals surface area contributed by atoms with Crippen LogP contribution in [-0.2, 0) is 11.1 Å². The third kappa shape index (κ3) is 4.17. The summed E-state index contributed by atoms with van der Waals surface area (Å²) in [5.41, 5.74) is 3.45. The zero-order valence-electron chi connectivity index (χ0n) is 21.7. The van der Waals surface area contributed by atoms with Crippen molar-refractivity contribution in [2.75, 3.05) is 14.1 Å². The van der Waals surface area contributed by atoms with Gasteiger partial charge in [-0.05, 0) is 52.8 Å². The Morgan fingerprint density at radius 1 is 0.526 bits per heavy atom. The predicted molar refractivity (Wildman–Crippen MR) is 164 cm³/mol. The largest absolute Gasteiger partial charge is 0.309 e. The SMILES string of the molecule is CN(C)Cc1ccc2ccccc2c1-c1c(P(=O)(c2ccccc2)c2ccccc2)ccc2ccccc12. The van der Waals surface area contributed by atoms with Crippen LogP contribution in [0.2, 0.25) is 0 Å². The number of nitrogens with zero attached hydrogens (tertiary/aromatic N) is 1. The molecule has 0 saturated heterocycles. The first-order valence-electron chi connectivity index (χ1n) is 13.0. The predicted octanol–water partition coefficient (Wildman–Crippen LogP) is 7.36. The molecule has 0 unspecified atom stereocenters. The van der Waals surface area contributed by atoms with Gasteiger partial charge in [0, 0.05) is 28.0 Å². The zero-order valence-corrected chi connectivity index (χ0v) is 22.6. The molecule has 0 aliphatic heterocycles. The Morgan fingerprint density at radius 2 is 1.00 bits per heavy atom. The molecule has 186 valence electrons. The van der Waals surface area contributed by atoms with Gasteiger partial charge >= 0.3 is 0 Å². The maximum atomic E-state index is 15.7. The van der Waals surface area contributed by atoms with Crippen molar-refractivity contribution in [3.63, 3.8) is 0 Å². The summed E-state index contributed by atoms with van der Waals surface area (Å²) >= 11 is 0. The first-order valence-corrected chi connectivity index (χ1v) is 14.7. The molecular formula is C35H30NOP. The van der Waals surface area contributed by atoms with E-state index in [1.54, 1.807) is 0 Å². The van der Waals surface area contributed by atoms with Gasteiger partial charge in [0.1, 0.15) is 0 Å². The van der Waals surface area contributed by atoms with E-state index in [-0.39, 0.29) is 0 Å². The monoisotopic (exact) mass is 511 g/mol. The Labute approximate surface area is 224 Å². The van der Waals surface area contributed by atoms with Crippen LogP contribution in [0.1, 0.15) is 5.56 Å². The third-order valence-electron chi connectivity index (χ3n) is 7.24. The van der Waals surface area contributed by atoms with Crippen molar-refractivity contribution in [1.82, 2.24) is 4.90 Å². The maximum Gasteiger partial charge on any atom is 0.171 e. The molecular weight excluding hydrogens is 481 g/mol. The van der Waals surface area contributed by atoms with Crippen LogP contribution in [0.3, 0.4) is 0 Å².